The minimum Gasteiger partial charge on any atom is -0.347 e. The molecule has 0 spiro atoms. The first-order valence-corrected chi connectivity index (χ1v) is 9.46. The second kappa shape index (κ2) is 7.82. The number of amides is 1. The Morgan fingerprint density at radius 1 is 1.19 bits per heavy atom. The molecule has 1 aromatic carbocycles. The number of carbonyl (C=O) groups excluding carboxylic acids is 1. The Bertz CT molecular complexity index is 972. The summed E-state index contributed by atoms with van der Waals surface area (Å²) in [7, 11) is 3.55. The first kappa shape index (κ1) is 19.0. The number of carbonyl (C=O) groups is 1. The summed E-state index contributed by atoms with van der Waals surface area (Å²) in [4.78, 5) is 18.6. The molecule has 0 aliphatic heterocycles. The zero-order valence-corrected chi connectivity index (χ0v) is 16.8. The van der Waals surface area contributed by atoms with Crippen LogP contribution in [0.4, 0.5) is 11.5 Å². The third-order valence-electron chi connectivity index (χ3n) is 5.00. The van der Waals surface area contributed by atoms with Gasteiger partial charge in [0.15, 0.2) is 0 Å². The lowest BCUT2D eigenvalue weighted by atomic mass is 10.0. The second-order valence-electron chi connectivity index (χ2n) is 7.21. The van der Waals surface area contributed by atoms with E-state index >= 15 is 0 Å². The van der Waals surface area contributed by atoms with Crippen LogP contribution in [0.5, 0.6) is 0 Å². The van der Waals surface area contributed by atoms with E-state index in [2.05, 4.69) is 40.1 Å². The number of anilines is 2. The van der Waals surface area contributed by atoms with Crippen molar-refractivity contribution < 1.29 is 4.79 Å². The number of fused-ring (bicyclic) bond motifs is 1. The van der Waals surface area contributed by atoms with Gasteiger partial charge in [0.1, 0.15) is 5.82 Å². The zero-order chi connectivity index (χ0) is 19.6. The van der Waals surface area contributed by atoms with Crippen molar-refractivity contribution in [2.24, 2.45) is 0 Å². The lowest BCUT2D eigenvalue weighted by Crippen LogP contribution is -2.23. The van der Waals surface area contributed by atoms with Crippen LogP contribution in [-0.4, -0.2) is 34.5 Å². The van der Waals surface area contributed by atoms with Gasteiger partial charge in [0.25, 0.3) is 5.91 Å². The van der Waals surface area contributed by atoms with Crippen LogP contribution in [0.15, 0.2) is 36.7 Å². The largest absolute Gasteiger partial charge is 0.347 e. The number of nitrogens with zero attached hydrogens (tertiary/aromatic N) is 3. The predicted octanol–water partition coefficient (Wildman–Crippen LogP) is 4.90. The normalized spacial score (nSPS) is 11.0. The Morgan fingerprint density at radius 3 is 2.67 bits per heavy atom. The molecule has 1 N–H and O–H groups in total. The lowest BCUT2D eigenvalue weighted by Gasteiger charge is -2.18. The Labute approximate surface area is 161 Å². The van der Waals surface area contributed by atoms with E-state index in [-0.39, 0.29) is 5.91 Å². The van der Waals surface area contributed by atoms with Crippen LogP contribution < -0.4 is 5.32 Å². The summed E-state index contributed by atoms with van der Waals surface area (Å²) in [5, 5.41) is 4.59. The molecule has 3 aromatic rings. The smallest absolute Gasteiger partial charge is 0.253 e. The van der Waals surface area contributed by atoms with Gasteiger partial charge in [0.05, 0.1) is 5.52 Å². The second-order valence-corrected chi connectivity index (χ2v) is 7.21. The molecule has 27 heavy (non-hydrogen) atoms. The summed E-state index contributed by atoms with van der Waals surface area (Å²) in [5.41, 5.74) is 4.87. The van der Waals surface area contributed by atoms with Crippen molar-refractivity contribution in [3.05, 3.63) is 53.3 Å². The fourth-order valence-electron chi connectivity index (χ4n) is 3.38. The van der Waals surface area contributed by atoms with E-state index in [4.69, 9.17) is 0 Å². The third kappa shape index (κ3) is 3.68. The summed E-state index contributed by atoms with van der Waals surface area (Å²) < 4.78 is 2.28. The van der Waals surface area contributed by atoms with Crippen LogP contribution >= 0.6 is 0 Å². The van der Waals surface area contributed by atoms with Gasteiger partial charge in [0, 0.05) is 49.7 Å². The highest BCUT2D eigenvalue weighted by Gasteiger charge is 2.16. The highest BCUT2D eigenvalue weighted by atomic mass is 16.2. The van der Waals surface area contributed by atoms with E-state index in [1.807, 2.05) is 32.2 Å². The molecule has 0 saturated heterocycles. The average Bonchev–Trinajstić information content (AvgIpc) is 3.06. The van der Waals surface area contributed by atoms with Crippen molar-refractivity contribution in [3.8, 4) is 0 Å². The fourth-order valence-corrected chi connectivity index (χ4v) is 3.38. The van der Waals surface area contributed by atoms with E-state index in [0.29, 0.717) is 5.56 Å². The molecule has 3 rings (SSSR count). The molecule has 0 aliphatic rings. The summed E-state index contributed by atoms with van der Waals surface area (Å²) >= 11 is 0. The number of benzene rings is 1. The Hall–Kier alpha value is -2.82. The minimum absolute atomic E-state index is 0.00689. The number of hydrogen-bond acceptors (Lipinski definition) is 3. The molecule has 142 valence electrons. The Morgan fingerprint density at radius 2 is 1.96 bits per heavy atom. The topological polar surface area (TPSA) is 50.2 Å². The Kier molecular flexibility index (Phi) is 5.49. The van der Waals surface area contributed by atoms with E-state index < -0.39 is 0 Å². The van der Waals surface area contributed by atoms with Crippen LogP contribution in [0.2, 0.25) is 0 Å². The molecule has 0 fully saturated rings. The molecule has 0 aliphatic carbocycles. The number of rotatable bonds is 6. The first-order valence-electron chi connectivity index (χ1n) is 9.46. The Balaban J connectivity index is 2.02. The maximum absolute atomic E-state index is 12.5. The molecule has 0 radical (unpaired) electrons. The molecule has 2 heterocycles. The van der Waals surface area contributed by atoms with Crippen molar-refractivity contribution in [2.45, 2.75) is 40.2 Å². The molecule has 0 unspecified atom stereocenters. The molecule has 0 bridgehead atoms. The number of aromatic nitrogens is 2. The molecule has 0 atom stereocenters. The zero-order valence-electron chi connectivity index (χ0n) is 16.8. The average molecular weight is 364 g/mol. The van der Waals surface area contributed by atoms with E-state index in [1.165, 1.54) is 11.9 Å². The molecule has 5 nitrogen and oxygen atoms in total. The number of pyridine rings is 1. The van der Waals surface area contributed by atoms with Gasteiger partial charge < -0.3 is 14.8 Å². The minimum atomic E-state index is 0.00689. The van der Waals surface area contributed by atoms with Crippen LogP contribution in [0.25, 0.3) is 10.9 Å². The van der Waals surface area contributed by atoms with Crippen LogP contribution in [0.1, 0.15) is 41.3 Å². The van der Waals surface area contributed by atoms with Gasteiger partial charge in [-0.25, -0.2) is 4.98 Å². The summed E-state index contributed by atoms with van der Waals surface area (Å²) in [6, 6.07) is 8.05. The van der Waals surface area contributed by atoms with E-state index in [0.717, 1.165) is 41.0 Å². The summed E-state index contributed by atoms with van der Waals surface area (Å²) in [6.45, 7) is 7.24. The maximum Gasteiger partial charge on any atom is 0.253 e. The fraction of sp³-hybridized carbons (Fsp3) is 0.364. The van der Waals surface area contributed by atoms with Gasteiger partial charge in [-0.1, -0.05) is 19.4 Å². The van der Waals surface area contributed by atoms with Crippen LogP contribution in [0, 0.1) is 13.8 Å². The van der Waals surface area contributed by atoms with Crippen LogP contribution in [0.3, 0.4) is 0 Å². The van der Waals surface area contributed by atoms with Gasteiger partial charge in [-0.3, -0.25) is 4.79 Å². The molecular weight excluding hydrogens is 336 g/mol. The summed E-state index contributed by atoms with van der Waals surface area (Å²) in [6.07, 6.45) is 6.29. The van der Waals surface area contributed by atoms with Crippen LogP contribution in [-0.2, 0) is 6.54 Å². The van der Waals surface area contributed by atoms with E-state index in [1.54, 1.807) is 19.0 Å². The summed E-state index contributed by atoms with van der Waals surface area (Å²) in [5.74, 6) is 0.829. The highest BCUT2D eigenvalue weighted by molar-refractivity contribution is 5.98. The molecular formula is C22H28N4O. The number of aryl methyl sites for hydroxylation is 2. The predicted molar refractivity (Wildman–Crippen MR) is 112 cm³/mol. The number of hydrogen-bond donors (Lipinski definition) is 1. The van der Waals surface area contributed by atoms with Crippen molar-refractivity contribution in [3.63, 3.8) is 0 Å². The van der Waals surface area contributed by atoms with Crippen molar-refractivity contribution in [1.29, 1.82) is 0 Å². The maximum atomic E-state index is 12.5. The van der Waals surface area contributed by atoms with Crippen molar-refractivity contribution >= 4 is 28.3 Å². The molecule has 5 heteroatoms. The molecule has 1 amide bonds. The monoisotopic (exact) mass is 364 g/mol. The number of nitrogens with one attached hydrogen (secondary N) is 1. The van der Waals surface area contributed by atoms with Gasteiger partial charge in [-0.15, -0.1) is 0 Å². The number of unbranched alkanes of at least 4 members (excludes halogenated alkanes) is 1. The molecule has 0 saturated carbocycles. The van der Waals surface area contributed by atoms with Gasteiger partial charge in [-0.05, 0) is 49.6 Å². The van der Waals surface area contributed by atoms with Crippen molar-refractivity contribution in [2.75, 3.05) is 19.4 Å². The van der Waals surface area contributed by atoms with Gasteiger partial charge in [-0.2, -0.15) is 0 Å². The molecule has 2 aromatic heterocycles. The van der Waals surface area contributed by atoms with Gasteiger partial charge in [0.2, 0.25) is 0 Å². The van der Waals surface area contributed by atoms with Gasteiger partial charge >= 0.3 is 0 Å². The highest BCUT2D eigenvalue weighted by Crippen LogP contribution is 2.31. The SMILES string of the molecule is CCCCn1ccc2c(Nc3c(C)ccc(C(=O)N(C)C)c3C)nccc21. The van der Waals surface area contributed by atoms with E-state index in [9.17, 15) is 4.79 Å². The lowest BCUT2D eigenvalue weighted by molar-refractivity contribution is 0.0827. The third-order valence-corrected chi connectivity index (χ3v) is 5.00. The van der Waals surface area contributed by atoms with Crippen molar-refractivity contribution in [1.82, 2.24) is 14.5 Å². The first-order chi connectivity index (χ1) is 12.9. The quantitative estimate of drug-likeness (QED) is 0.677. The standard InChI is InChI=1S/C22H28N4O/c1-6-7-13-26-14-11-18-19(26)10-12-23-21(18)24-20-15(2)8-9-17(16(20)3)22(27)25(4)5/h8-12,14H,6-7,13H2,1-5H3,(H,23,24).